The molecular weight excluding hydrogens is 382 g/mol. The number of para-hydroxylation sites is 1. The van der Waals surface area contributed by atoms with Crippen molar-refractivity contribution in [3.8, 4) is 5.69 Å². The molecule has 0 radical (unpaired) electrons. The monoisotopic (exact) mass is 400 g/mol. The van der Waals surface area contributed by atoms with Crippen molar-refractivity contribution in [2.24, 2.45) is 7.05 Å². The molecule has 7 heteroatoms. The van der Waals surface area contributed by atoms with Gasteiger partial charge in [0.25, 0.3) is 11.5 Å². The Kier molecular flexibility index (Phi) is 4.71. The second kappa shape index (κ2) is 7.36. The Hall–Kier alpha value is -4.13. The number of hydrogen-bond donors (Lipinski definition) is 1. The van der Waals surface area contributed by atoms with Crippen LogP contribution in [-0.2, 0) is 7.05 Å². The zero-order chi connectivity index (χ0) is 21.4. The number of carbonyl (C=O) groups is 2. The summed E-state index contributed by atoms with van der Waals surface area (Å²) in [5.74, 6) is -1.94. The van der Waals surface area contributed by atoms with Gasteiger partial charge in [0.15, 0.2) is 0 Å². The number of fused-ring (bicyclic) bond motifs is 1. The number of aromatic carboxylic acids is 1. The predicted octanol–water partition coefficient (Wildman–Crippen LogP) is 2.25. The number of nitrogens with one attached hydrogen (secondary N) is 1. The summed E-state index contributed by atoms with van der Waals surface area (Å²) in [7, 11) is 1.73. The number of nitrogens with zero attached hydrogens (tertiary/aromatic N) is 2. The molecule has 1 amide bonds. The largest absolute Gasteiger partial charge is 0.545 e. The Morgan fingerprint density at radius 2 is 1.53 bits per heavy atom. The van der Waals surface area contributed by atoms with E-state index in [0.29, 0.717) is 16.8 Å². The fraction of sp³-hybridized carbons (Fsp3) is 0.0870. The van der Waals surface area contributed by atoms with E-state index in [9.17, 15) is 19.5 Å². The van der Waals surface area contributed by atoms with Gasteiger partial charge in [0, 0.05) is 23.6 Å². The quantitative estimate of drug-likeness (QED) is 0.568. The lowest BCUT2D eigenvalue weighted by Crippen LogP contribution is -2.25. The fourth-order valence-corrected chi connectivity index (χ4v) is 3.59. The Balaban J connectivity index is 1.82. The van der Waals surface area contributed by atoms with E-state index in [2.05, 4.69) is 5.32 Å². The third-order valence-electron chi connectivity index (χ3n) is 5.16. The lowest BCUT2D eigenvalue weighted by Gasteiger charge is -2.12. The minimum Gasteiger partial charge on any atom is -0.545 e. The van der Waals surface area contributed by atoms with Crippen molar-refractivity contribution >= 4 is 28.3 Å². The molecule has 1 aromatic heterocycles. The third kappa shape index (κ3) is 3.06. The maximum atomic E-state index is 13.1. The fourth-order valence-electron chi connectivity index (χ4n) is 3.59. The van der Waals surface area contributed by atoms with Crippen LogP contribution in [0.3, 0.4) is 0 Å². The highest BCUT2D eigenvalue weighted by Crippen LogP contribution is 2.24. The van der Waals surface area contributed by atoms with Crippen LogP contribution in [0.25, 0.3) is 16.5 Å². The molecule has 0 unspecified atom stereocenters. The summed E-state index contributed by atoms with van der Waals surface area (Å²) in [5, 5.41) is 15.1. The zero-order valence-electron chi connectivity index (χ0n) is 16.4. The SMILES string of the molecule is Cc1c(NC(=O)c2cccc3cccc(C(=O)[O-])c23)c(=O)n(-c2ccccc2)n1C. The Bertz CT molecular complexity index is 1350. The van der Waals surface area contributed by atoms with Crippen LogP contribution >= 0.6 is 0 Å². The minimum atomic E-state index is -1.37. The molecule has 0 atom stereocenters. The molecule has 150 valence electrons. The molecule has 1 N–H and O–H groups in total. The van der Waals surface area contributed by atoms with Gasteiger partial charge >= 0.3 is 0 Å². The highest BCUT2D eigenvalue weighted by molar-refractivity contribution is 6.17. The van der Waals surface area contributed by atoms with Gasteiger partial charge in [0.05, 0.1) is 17.4 Å². The molecule has 3 aromatic carbocycles. The summed E-state index contributed by atoms with van der Waals surface area (Å²) in [6.07, 6.45) is 0. The molecule has 0 aliphatic rings. The van der Waals surface area contributed by atoms with Crippen LogP contribution in [0.1, 0.15) is 26.4 Å². The van der Waals surface area contributed by atoms with E-state index < -0.39 is 11.9 Å². The first kappa shape index (κ1) is 19.2. The van der Waals surface area contributed by atoms with Crippen molar-refractivity contribution in [1.82, 2.24) is 9.36 Å². The van der Waals surface area contributed by atoms with Crippen LogP contribution < -0.4 is 16.0 Å². The minimum absolute atomic E-state index is 0.0790. The van der Waals surface area contributed by atoms with E-state index in [1.165, 1.54) is 16.8 Å². The van der Waals surface area contributed by atoms with Gasteiger partial charge in [-0.3, -0.25) is 14.3 Å². The van der Waals surface area contributed by atoms with Gasteiger partial charge in [0.1, 0.15) is 5.69 Å². The van der Waals surface area contributed by atoms with Gasteiger partial charge < -0.3 is 15.2 Å². The van der Waals surface area contributed by atoms with Crippen LogP contribution in [-0.4, -0.2) is 21.2 Å². The molecule has 1 heterocycles. The van der Waals surface area contributed by atoms with E-state index >= 15 is 0 Å². The van der Waals surface area contributed by atoms with Crippen LogP contribution in [0.4, 0.5) is 5.69 Å². The average molecular weight is 400 g/mol. The summed E-state index contributed by atoms with van der Waals surface area (Å²) >= 11 is 0. The molecule has 30 heavy (non-hydrogen) atoms. The number of carboxylic acids is 1. The van der Waals surface area contributed by atoms with Crippen LogP contribution in [0.5, 0.6) is 0 Å². The van der Waals surface area contributed by atoms with Crippen LogP contribution in [0, 0.1) is 6.92 Å². The van der Waals surface area contributed by atoms with E-state index in [1.54, 1.807) is 55.1 Å². The van der Waals surface area contributed by atoms with E-state index in [0.717, 1.165) is 0 Å². The smallest absolute Gasteiger partial charge is 0.295 e. The molecule has 7 nitrogen and oxygen atoms in total. The normalized spacial score (nSPS) is 10.9. The number of carbonyl (C=O) groups excluding carboxylic acids is 2. The summed E-state index contributed by atoms with van der Waals surface area (Å²) in [6.45, 7) is 1.73. The first-order chi connectivity index (χ1) is 14.4. The average Bonchev–Trinajstić information content (AvgIpc) is 2.96. The zero-order valence-corrected chi connectivity index (χ0v) is 16.4. The number of benzene rings is 3. The maximum Gasteiger partial charge on any atom is 0.295 e. The molecule has 0 spiro atoms. The Labute approximate surface area is 171 Å². The van der Waals surface area contributed by atoms with Crippen molar-refractivity contribution in [2.45, 2.75) is 6.92 Å². The number of aromatic nitrogens is 2. The second-order valence-electron chi connectivity index (χ2n) is 6.89. The Morgan fingerprint density at radius 3 is 2.17 bits per heavy atom. The summed E-state index contributed by atoms with van der Waals surface area (Å²) in [5.41, 5.74) is 1.06. The van der Waals surface area contributed by atoms with Crippen molar-refractivity contribution in [2.75, 3.05) is 5.32 Å². The standard InChI is InChI=1S/C23H19N3O4/c1-14-20(22(28)26(25(14)2)16-10-4-3-5-11-16)24-21(27)17-12-6-8-15-9-7-13-18(19(15)17)23(29)30/h3-13H,1-2H3,(H,24,27)(H,29,30)/p-1. The highest BCUT2D eigenvalue weighted by atomic mass is 16.4. The topological polar surface area (TPSA) is 96.2 Å². The van der Waals surface area contributed by atoms with Gasteiger partial charge in [-0.05, 0) is 30.5 Å². The van der Waals surface area contributed by atoms with Gasteiger partial charge in [0.2, 0.25) is 0 Å². The first-order valence-corrected chi connectivity index (χ1v) is 9.28. The summed E-state index contributed by atoms with van der Waals surface area (Å²) in [4.78, 5) is 37.7. The van der Waals surface area contributed by atoms with E-state index in [4.69, 9.17) is 0 Å². The number of amides is 1. The number of carboxylic acid groups (broad SMARTS) is 1. The van der Waals surface area contributed by atoms with Gasteiger partial charge in [-0.25, -0.2) is 4.68 Å². The molecule has 0 bridgehead atoms. The molecule has 0 saturated heterocycles. The molecule has 4 rings (SSSR count). The molecule has 0 aliphatic heterocycles. The highest BCUT2D eigenvalue weighted by Gasteiger charge is 2.20. The van der Waals surface area contributed by atoms with E-state index in [1.807, 2.05) is 18.2 Å². The maximum absolute atomic E-state index is 13.1. The number of anilines is 1. The lowest BCUT2D eigenvalue weighted by atomic mass is 9.98. The molecular formula is C23H18N3O4-. The third-order valence-corrected chi connectivity index (χ3v) is 5.16. The van der Waals surface area contributed by atoms with Crippen LogP contribution in [0.15, 0.2) is 71.5 Å². The van der Waals surface area contributed by atoms with Crippen molar-refractivity contribution in [3.63, 3.8) is 0 Å². The predicted molar refractivity (Wildman–Crippen MR) is 112 cm³/mol. The Morgan fingerprint density at radius 1 is 0.900 bits per heavy atom. The van der Waals surface area contributed by atoms with Crippen LogP contribution in [0.2, 0.25) is 0 Å². The van der Waals surface area contributed by atoms with Crippen molar-refractivity contribution in [3.05, 3.63) is 93.9 Å². The lowest BCUT2D eigenvalue weighted by molar-refractivity contribution is -0.254. The second-order valence-corrected chi connectivity index (χ2v) is 6.89. The van der Waals surface area contributed by atoms with Crippen molar-refractivity contribution < 1.29 is 14.7 Å². The molecule has 0 fully saturated rings. The molecule has 0 saturated carbocycles. The molecule has 0 aliphatic carbocycles. The first-order valence-electron chi connectivity index (χ1n) is 9.28. The number of hydrogen-bond acceptors (Lipinski definition) is 4. The van der Waals surface area contributed by atoms with Gasteiger partial charge in [-0.15, -0.1) is 0 Å². The summed E-state index contributed by atoms with van der Waals surface area (Å²) < 4.78 is 3.11. The number of rotatable bonds is 4. The summed E-state index contributed by atoms with van der Waals surface area (Å²) in [6, 6.07) is 18.7. The van der Waals surface area contributed by atoms with Gasteiger partial charge in [-0.1, -0.05) is 48.5 Å². The molecule has 4 aromatic rings. The van der Waals surface area contributed by atoms with Gasteiger partial charge in [-0.2, -0.15) is 0 Å². The van der Waals surface area contributed by atoms with Crippen molar-refractivity contribution in [1.29, 1.82) is 0 Å². The van der Waals surface area contributed by atoms with E-state index in [-0.39, 0.29) is 27.8 Å².